The van der Waals surface area contributed by atoms with Gasteiger partial charge in [0.2, 0.25) is 0 Å². The van der Waals surface area contributed by atoms with E-state index in [-0.39, 0.29) is 23.9 Å². The maximum Gasteiger partial charge on any atom is 0.410 e. The Morgan fingerprint density at radius 3 is 2.76 bits per heavy atom. The third-order valence-electron chi connectivity index (χ3n) is 8.32. The summed E-state index contributed by atoms with van der Waals surface area (Å²) in [6.45, 7) is 9.92. The van der Waals surface area contributed by atoms with Crippen LogP contribution < -0.4 is 9.64 Å². The number of hydrogen-bond donors (Lipinski definition) is 0. The predicted octanol–water partition coefficient (Wildman–Crippen LogP) is 5.61. The number of aryl methyl sites for hydroxylation is 1. The third kappa shape index (κ3) is 4.50. The van der Waals surface area contributed by atoms with Gasteiger partial charge < -0.3 is 28.6 Å². The Morgan fingerprint density at radius 2 is 1.98 bits per heavy atom. The number of imidazole rings is 1. The van der Waals surface area contributed by atoms with Crippen molar-refractivity contribution < 1.29 is 23.4 Å². The maximum absolute atomic E-state index is 16.5. The second kappa shape index (κ2) is 10.1. The number of amides is 1. The molecule has 0 saturated carbocycles. The van der Waals surface area contributed by atoms with E-state index in [1.54, 1.807) is 17.3 Å². The number of nitrogens with zero attached hydrogens (tertiary/aromatic N) is 6. The molecule has 2 atom stereocenters. The first-order valence-corrected chi connectivity index (χ1v) is 14.6. The van der Waals surface area contributed by atoms with E-state index in [1.165, 1.54) is 6.33 Å². The number of fused-ring (bicyclic) bond motifs is 3. The van der Waals surface area contributed by atoms with E-state index >= 15 is 4.39 Å². The van der Waals surface area contributed by atoms with Gasteiger partial charge in [-0.2, -0.15) is 0 Å². The molecule has 2 saturated heterocycles. The van der Waals surface area contributed by atoms with Crippen molar-refractivity contribution in [2.45, 2.75) is 64.8 Å². The van der Waals surface area contributed by atoms with E-state index in [2.05, 4.69) is 19.4 Å². The smallest absolute Gasteiger partial charge is 0.410 e. The Kier molecular flexibility index (Phi) is 6.45. The van der Waals surface area contributed by atoms with Crippen molar-refractivity contribution in [3.8, 4) is 16.9 Å². The summed E-state index contributed by atoms with van der Waals surface area (Å²) < 4.78 is 36.6. The molecule has 220 valence electrons. The summed E-state index contributed by atoms with van der Waals surface area (Å²) in [5.74, 6) is 0.688. The van der Waals surface area contributed by atoms with Gasteiger partial charge in [-0.15, -0.1) is 0 Å². The van der Waals surface area contributed by atoms with Crippen LogP contribution in [0.4, 0.5) is 15.0 Å². The number of piperazine rings is 1. The largest absolute Gasteiger partial charge is 0.490 e. The Labute approximate surface area is 243 Å². The summed E-state index contributed by atoms with van der Waals surface area (Å²) in [5.41, 5.74) is 3.22. The van der Waals surface area contributed by atoms with E-state index in [0.717, 1.165) is 36.9 Å². The molecule has 0 aliphatic carbocycles. The minimum atomic E-state index is -0.586. The Balaban J connectivity index is 1.29. The molecule has 42 heavy (non-hydrogen) atoms. The molecular weight excluding hydrogens is 539 g/mol. The van der Waals surface area contributed by atoms with Crippen LogP contribution in [-0.4, -0.2) is 75.0 Å². The fraction of sp³-hybridized carbons (Fsp3) is 0.484. The molecule has 7 rings (SSSR count). The zero-order valence-corrected chi connectivity index (χ0v) is 24.4. The molecule has 1 amide bonds. The number of aromatic nitrogens is 4. The molecule has 0 N–H and O–H groups in total. The lowest BCUT2D eigenvalue weighted by atomic mass is 9.96. The average molecular weight is 575 g/mol. The van der Waals surface area contributed by atoms with Crippen LogP contribution in [0.3, 0.4) is 0 Å². The van der Waals surface area contributed by atoms with E-state index < -0.39 is 11.4 Å². The van der Waals surface area contributed by atoms with Crippen LogP contribution in [0, 0.1) is 12.7 Å². The number of halogens is 1. The molecule has 10 nitrogen and oxygen atoms in total. The lowest BCUT2D eigenvalue weighted by Crippen LogP contribution is -2.57. The van der Waals surface area contributed by atoms with Gasteiger partial charge in [0, 0.05) is 37.4 Å². The van der Waals surface area contributed by atoms with Crippen LogP contribution in [0.1, 0.15) is 51.8 Å². The van der Waals surface area contributed by atoms with Gasteiger partial charge in [0.1, 0.15) is 41.8 Å². The highest BCUT2D eigenvalue weighted by Crippen LogP contribution is 2.44. The van der Waals surface area contributed by atoms with Crippen molar-refractivity contribution in [1.29, 1.82) is 0 Å². The first kappa shape index (κ1) is 26.9. The van der Waals surface area contributed by atoms with Crippen molar-refractivity contribution in [3.05, 3.63) is 42.2 Å². The van der Waals surface area contributed by atoms with Crippen LogP contribution in [0.5, 0.6) is 5.75 Å². The SMILES string of the molecule is Cc1ccc2c(ncn2C2CCCCO2)c1-c1cc2c3c(ncnc3c1F)N1CCN(C(=O)OC(C)(C)C)C[C@H]1CO2. The van der Waals surface area contributed by atoms with Crippen molar-refractivity contribution >= 4 is 33.8 Å². The second-order valence-electron chi connectivity index (χ2n) is 12.3. The molecule has 0 bridgehead atoms. The lowest BCUT2D eigenvalue weighted by Gasteiger charge is -2.41. The molecule has 5 heterocycles. The average Bonchev–Trinajstić information content (AvgIpc) is 3.33. The Hall–Kier alpha value is -3.99. The molecule has 2 fully saturated rings. The van der Waals surface area contributed by atoms with Crippen LogP contribution >= 0.6 is 0 Å². The second-order valence-corrected chi connectivity index (χ2v) is 12.3. The normalized spacial score (nSPS) is 20.8. The van der Waals surface area contributed by atoms with Gasteiger partial charge in [-0.3, -0.25) is 0 Å². The van der Waals surface area contributed by atoms with Gasteiger partial charge in [-0.1, -0.05) is 6.07 Å². The van der Waals surface area contributed by atoms with Gasteiger partial charge in [0.05, 0.1) is 28.8 Å². The lowest BCUT2D eigenvalue weighted by molar-refractivity contribution is -0.0295. The highest BCUT2D eigenvalue weighted by atomic mass is 19.1. The fourth-order valence-electron chi connectivity index (χ4n) is 6.35. The zero-order chi connectivity index (χ0) is 29.2. The third-order valence-corrected chi connectivity index (χ3v) is 8.32. The molecule has 3 aliphatic rings. The summed E-state index contributed by atoms with van der Waals surface area (Å²) in [7, 11) is 0. The molecule has 1 unspecified atom stereocenters. The topological polar surface area (TPSA) is 94.8 Å². The first-order valence-electron chi connectivity index (χ1n) is 14.6. The highest BCUT2D eigenvalue weighted by Gasteiger charge is 2.37. The molecule has 0 radical (unpaired) electrons. The van der Waals surface area contributed by atoms with E-state index in [4.69, 9.17) is 19.2 Å². The van der Waals surface area contributed by atoms with Crippen LogP contribution in [0.2, 0.25) is 0 Å². The first-order chi connectivity index (χ1) is 20.2. The Morgan fingerprint density at radius 1 is 1.12 bits per heavy atom. The van der Waals surface area contributed by atoms with Crippen LogP contribution in [-0.2, 0) is 9.47 Å². The summed E-state index contributed by atoms with van der Waals surface area (Å²) in [6, 6.07) is 5.60. The number of ether oxygens (including phenoxy) is 3. The molecule has 2 aromatic heterocycles. The maximum atomic E-state index is 16.5. The minimum Gasteiger partial charge on any atom is -0.490 e. The zero-order valence-electron chi connectivity index (χ0n) is 24.4. The van der Waals surface area contributed by atoms with E-state index in [0.29, 0.717) is 59.8 Å². The number of hydrogen-bond acceptors (Lipinski definition) is 8. The monoisotopic (exact) mass is 574 g/mol. The standard InChI is InChI=1S/C31H35FN6O4/c1-18-8-9-21-27(35-17-38(21)23-7-5-6-12-40-23)24(18)20-13-22-25-28(26(20)32)33-16-34-29(25)37-11-10-36(14-19(37)15-41-22)30(39)42-31(2,3)4/h8-9,13,16-17,19,23H,5-7,10-12,14-15H2,1-4H3/t19-,23?/m0/s1. The van der Waals surface area contributed by atoms with Crippen molar-refractivity contribution in [3.63, 3.8) is 0 Å². The molecule has 4 aromatic rings. The van der Waals surface area contributed by atoms with Gasteiger partial charge in [-0.25, -0.2) is 24.1 Å². The number of rotatable bonds is 2. The summed E-state index contributed by atoms with van der Waals surface area (Å²) in [6.07, 6.45) is 5.83. The number of carbonyl (C=O) groups excluding carboxylic acids is 1. The Bertz CT molecular complexity index is 1690. The quantitative estimate of drug-likeness (QED) is 0.305. The number of carbonyl (C=O) groups is 1. The van der Waals surface area contributed by atoms with Crippen LogP contribution in [0.15, 0.2) is 30.9 Å². The van der Waals surface area contributed by atoms with Gasteiger partial charge >= 0.3 is 6.09 Å². The minimum absolute atomic E-state index is 0.0818. The van der Waals surface area contributed by atoms with Gasteiger partial charge in [-0.05, 0) is 64.7 Å². The molecular formula is C31H35FN6O4. The number of anilines is 1. The van der Waals surface area contributed by atoms with Crippen molar-refractivity contribution in [2.75, 3.05) is 37.7 Å². The highest BCUT2D eigenvalue weighted by molar-refractivity contribution is 6.02. The summed E-state index contributed by atoms with van der Waals surface area (Å²) >= 11 is 0. The van der Waals surface area contributed by atoms with E-state index in [1.807, 2.05) is 39.8 Å². The number of benzene rings is 2. The molecule has 0 spiro atoms. The van der Waals surface area contributed by atoms with Crippen LogP contribution in [0.25, 0.3) is 33.1 Å². The van der Waals surface area contributed by atoms with Gasteiger partial charge in [0.15, 0.2) is 5.82 Å². The molecule has 11 heteroatoms. The van der Waals surface area contributed by atoms with Crippen molar-refractivity contribution in [2.24, 2.45) is 0 Å². The summed E-state index contributed by atoms with van der Waals surface area (Å²) in [4.78, 5) is 30.4. The fourth-order valence-corrected chi connectivity index (χ4v) is 6.35. The molecule has 2 aromatic carbocycles. The van der Waals surface area contributed by atoms with E-state index in [9.17, 15) is 4.79 Å². The van der Waals surface area contributed by atoms with Crippen molar-refractivity contribution in [1.82, 2.24) is 24.4 Å². The van der Waals surface area contributed by atoms with Gasteiger partial charge in [0.25, 0.3) is 0 Å². The predicted molar refractivity (Wildman–Crippen MR) is 156 cm³/mol. The molecule has 3 aliphatic heterocycles. The summed E-state index contributed by atoms with van der Waals surface area (Å²) in [5, 5.41) is 0.540.